The normalized spacial score (nSPS) is 20.7. The van der Waals surface area contributed by atoms with E-state index in [-0.39, 0.29) is 17.6 Å². The van der Waals surface area contributed by atoms with Crippen molar-refractivity contribution in [3.05, 3.63) is 52.8 Å². The maximum Gasteiger partial charge on any atom is 0.230 e. The Balaban J connectivity index is 1.42. The minimum absolute atomic E-state index is 0.0903. The monoisotopic (exact) mass is 351 g/mol. The molecule has 0 saturated carbocycles. The first-order chi connectivity index (χ1) is 12.5. The first kappa shape index (κ1) is 17.0. The molecule has 1 aliphatic carbocycles. The summed E-state index contributed by atoms with van der Waals surface area (Å²) in [6, 6.07) is 9.70. The molecular formula is C21H25N3O2. The molecule has 1 unspecified atom stereocenters. The molecular weight excluding hydrogens is 326 g/mol. The van der Waals surface area contributed by atoms with Gasteiger partial charge in [-0.2, -0.15) is 5.10 Å². The zero-order chi connectivity index (χ0) is 18.3. The zero-order valence-corrected chi connectivity index (χ0v) is 15.4. The van der Waals surface area contributed by atoms with E-state index in [0.717, 1.165) is 42.8 Å². The van der Waals surface area contributed by atoms with Gasteiger partial charge in [0, 0.05) is 36.7 Å². The minimum atomic E-state index is -0.296. The largest absolute Gasteiger partial charge is 0.342 e. The Bertz CT molecular complexity index is 831. The summed E-state index contributed by atoms with van der Waals surface area (Å²) in [5.41, 5.74) is 3.90. The summed E-state index contributed by atoms with van der Waals surface area (Å²) in [6.45, 7) is 5.77. The number of carbonyl (C=O) groups excluding carboxylic acids is 2. The third kappa shape index (κ3) is 2.96. The number of rotatable bonds is 3. The molecule has 2 aromatic rings. The molecule has 5 heteroatoms. The van der Waals surface area contributed by atoms with Gasteiger partial charge < -0.3 is 4.90 Å². The molecule has 0 spiro atoms. The van der Waals surface area contributed by atoms with Crippen LogP contribution < -0.4 is 0 Å². The van der Waals surface area contributed by atoms with E-state index in [1.165, 1.54) is 5.69 Å². The number of nitrogens with one attached hydrogen (secondary N) is 1. The third-order valence-corrected chi connectivity index (χ3v) is 5.78. The van der Waals surface area contributed by atoms with Gasteiger partial charge in [-0.25, -0.2) is 0 Å². The van der Waals surface area contributed by atoms with Crippen LogP contribution in [0.15, 0.2) is 30.3 Å². The Hall–Kier alpha value is -2.43. The van der Waals surface area contributed by atoms with Crippen LogP contribution in [-0.2, 0) is 4.79 Å². The zero-order valence-electron chi connectivity index (χ0n) is 15.4. The summed E-state index contributed by atoms with van der Waals surface area (Å²) in [5.74, 6) is 0.745. The van der Waals surface area contributed by atoms with Crippen LogP contribution in [0.5, 0.6) is 0 Å². The van der Waals surface area contributed by atoms with Gasteiger partial charge in [0.2, 0.25) is 5.91 Å². The van der Waals surface area contributed by atoms with Crippen molar-refractivity contribution in [1.82, 2.24) is 15.1 Å². The van der Waals surface area contributed by atoms with Crippen LogP contribution in [0.1, 0.15) is 78.2 Å². The lowest BCUT2D eigenvalue weighted by Crippen LogP contribution is -2.40. The number of ketones is 1. The van der Waals surface area contributed by atoms with Crippen LogP contribution in [0.2, 0.25) is 0 Å². The SMILES string of the molecule is CC(C)c1cc(C2CCN(C(=O)C3CC(=O)c4ccccc43)CC2)[nH]n1. The van der Waals surface area contributed by atoms with Crippen molar-refractivity contribution in [2.75, 3.05) is 13.1 Å². The van der Waals surface area contributed by atoms with E-state index in [1.807, 2.05) is 29.2 Å². The van der Waals surface area contributed by atoms with Gasteiger partial charge in [-0.3, -0.25) is 14.7 Å². The van der Waals surface area contributed by atoms with Crippen LogP contribution in [0, 0.1) is 0 Å². The molecule has 1 N–H and O–H groups in total. The number of hydrogen-bond acceptors (Lipinski definition) is 3. The molecule has 1 aromatic heterocycles. The molecule has 1 saturated heterocycles. The number of carbonyl (C=O) groups is 2. The summed E-state index contributed by atoms with van der Waals surface area (Å²) in [5, 5.41) is 7.58. The lowest BCUT2D eigenvalue weighted by Gasteiger charge is -2.33. The van der Waals surface area contributed by atoms with Crippen LogP contribution in [0.3, 0.4) is 0 Å². The molecule has 136 valence electrons. The van der Waals surface area contributed by atoms with Gasteiger partial charge in [0.05, 0.1) is 11.6 Å². The van der Waals surface area contributed by atoms with Gasteiger partial charge in [-0.05, 0) is 30.4 Å². The number of amides is 1. The molecule has 2 heterocycles. The summed E-state index contributed by atoms with van der Waals surface area (Å²) in [4.78, 5) is 27.1. The average Bonchev–Trinajstić information content (AvgIpc) is 3.27. The summed E-state index contributed by atoms with van der Waals surface area (Å²) in [7, 11) is 0. The van der Waals surface area contributed by atoms with Crippen molar-refractivity contribution >= 4 is 11.7 Å². The molecule has 26 heavy (non-hydrogen) atoms. The predicted molar refractivity (Wildman–Crippen MR) is 99.4 cm³/mol. The number of aromatic amines is 1. The van der Waals surface area contributed by atoms with E-state index in [2.05, 4.69) is 30.1 Å². The van der Waals surface area contributed by atoms with E-state index in [0.29, 0.717) is 18.3 Å². The van der Waals surface area contributed by atoms with E-state index in [9.17, 15) is 9.59 Å². The van der Waals surface area contributed by atoms with Crippen molar-refractivity contribution < 1.29 is 9.59 Å². The molecule has 1 amide bonds. The molecule has 5 nitrogen and oxygen atoms in total. The van der Waals surface area contributed by atoms with Gasteiger partial charge in [-0.1, -0.05) is 38.1 Å². The minimum Gasteiger partial charge on any atom is -0.342 e. The molecule has 0 bridgehead atoms. The van der Waals surface area contributed by atoms with E-state index < -0.39 is 0 Å². The number of aromatic nitrogens is 2. The molecule has 1 fully saturated rings. The van der Waals surface area contributed by atoms with Crippen molar-refractivity contribution in [2.24, 2.45) is 0 Å². The second-order valence-electron chi connectivity index (χ2n) is 7.77. The topological polar surface area (TPSA) is 66.1 Å². The molecule has 1 aromatic carbocycles. The molecule has 2 aliphatic rings. The Kier molecular flexibility index (Phi) is 4.39. The van der Waals surface area contributed by atoms with Crippen molar-refractivity contribution in [2.45, 2.75) is 50.9 Å². The van der Waals surface area contributed by atoms with Crippen LogP contribution in [0.4, 0.5) is 0 Å². The van der Waals surface area contributed by atoms with Gasteiger partial charge in [0.15, 0.2) is 5.78 Å². The van der Waals surface area contributed by atoms with Crippen LogP contribution in [-0.4, -0.2) is 39.9 Å². The number of benzene rings is 1. The fourth-order valence-electron chi connectivity index (χ4n) is 4.17. The number of nitrogens with zero attached hydrogens (tertiary/aromatic N) is 2. The number of Topliss-reactive ketones (excluding diaryl/α,β-unsaturated/α-hetero) is 1. The van der Waals surface area contributed by atoms with Gasteiger partial charge in [0.25, 0.3) is 0 Å². The smallest absolute Gasteiger partial charge is 0.230 e. The summed E-state index contributed by atoms with van der Waals surface area (Å²) < 4.78 is 0. The average molecular weight is 351 g/mol. The van der Waals surface area contributed by atoms with Gasteiger partial charge in [0.1, 0.15) is 0 Å². The maximum absolute atomic E-state index is 13.0. The van der Waals surface area contributed by atoms with Crippen molar-refractivity contribution in [1.29, 1.82) is 0 Å². The third-order valence-electron chi connectivity index (χ3n) is 5.78. The van der Waals surface area contributed by atoms with E-state index >= 15 is 0 Å². The quantitative estimate of drug-likeness (QED) is 0.919. The fraction of sp³-hybridized carbons (Fsp3) is 0.476. The van der Waals surface area contributed by atoms with Crippen LogP contribution in [0.25, 0.3) is 0 Å². The summed E-state index contributed by atoms with van der Waals surface area (Å²) >= 11 is 0. The predicted octanol–water partition coefficient (Wildman–Crippen LogP) is 3.61. The van der Waals surface area contributed by atoms with Crippen LogP contribution >= 0.6 is 0 Å². The maximum atomic E-state index is 13.0. The standard InChI is InChI=1S/C21H25N3O2/c1-13(2)18-12-19(23-22-18)14-7-9-24(10-8-14)21(26)17-11-20(25)16-6-4-3-5-15(16)17/h3-6,12-14,17H,7-11H2,1-2H3,(H,22,23). The summed E-state index contributed by atoms with van der Waals surface area (Å²) in [6.07, 6.45) is 2.19. The van der Waals surface area contributed by atoms with Crippen molar-refractivity contribution in [3.8, 4) is 0 Å². The molecule has 1 aliphatic heterocycles. The fourth-order valence-corrected chi connectivity index (χ4v) is 4.17. The first-order valence-corrected chi connectivity index (χ1v) is 9.50. The molecule has 4 rings (SSSR count). The van der Waals surface area contributed by atoms with E-state index in [4.69, 9.17) is 0 Å². The van der Waals surface area contributed by atoms with E-state index in [1.54, 1.807) is 0 Å². The highest BCUT2D eigenvalue weighted by Crippen LogP contribution is 2.36. The first-order valence-electron chi connectivity index (χ1n) is 9.50. The highest BCUT2D eigenvalue weighted by molar-refractivity contribution is 6.06. The number of likely N-dealkylation sites (tertiary alicyclic amines) is 1. The van der Waals surface area contributed by atoms with Gasteiger partial charge in [-0.15, -0.1) is 0 Å². The number of H-pyrrole nitrogens is 1. The second kappa shape index (κ2) is 6.71. The van der Waals surface area contributed by atoms with Crippen molar-refractivity contribution in [3.63, 3.8) is 0 Å². The Morgan fingerprint density at radius 3 is 2.65 bits per heavy atom. The van der Waals surface area contributed by atoms with Gasteiger partial charge >= 0.3 is 0 Å². The Morgan fingerprint density at radius 1 is 1.23 bits per heavy atom. The number of piperidine rings is 1. The number of fused-ring (bicyclic) bond motifs is 1. The lowest BCUT2D eigenvalue weighted by molar-refractivity contribution is -0.133. The number of hydrogen-bond donors (Lipinski definition) is 1. The Morgan fingerprint density at radius 2 is 1.96 bits per heavy atom. The highest BCUT2D eigenvalue weighted by atomic mass is 16.2. The second-order valence-corrected chi connectivity index (χ2v) is 7.77. The Labute approximate surface area is 153 Å². The lowest BCUT2D eigenvalue weighted by atomic mass is 9.91. The highest BCUT2D eigenvalue weighted by Gasteiger charge is 2.37. The molecule has 1 atom stereocenters. The molecule has 0 radical (unpaired) electrons.